The van der Waals surface area contributed by atoms with Crippen LogP contribution in [0.25, 0.3) is 10.9 Å². The lowest BCUT2D eigenvalue weighted by atomic mass is 10.2. The molecule has 3 rings (SSSR count). The maximum atomic E-state index is 13.0. The summed E-state index contributed by atoms with van der Waals surface area (Å²) in [5.74, 6) is -1.37. The van der Waals surface area contributed by atoms with E-state index in [9.17, 15) is 14.0 Å². The van der Waals surface area contributed by atoms with E-state index in [2.05, 4.69) is 20.8 Å². The number of nitrogens with one attached hydrogen (secondary N) is 3. The van der Waals surface area contributed by atoms with Gasteiger partial charge in [0.1, 0.15) is 5.82 Å². The monoisotopic (exact) mass is 312 g/mol. The first kappa shape index (κ1) is 14.7. The van der Waals surface area contributed by atoms with Crippen molar-refractivity contribution < 1.29 is 14.0 Å². The van der Waals surface area contributed by atoms with E-state index in [0.717, 1.165) is 5.52 Å². The Kier molecular flexibility index (Phi) is 4.01. The van der Waals surface area contributed by atoms with E-state index in [1.165, 1.54) is 18.2 Å². The molecule has 0 atom stereocenters. The van der Waals surface area contributed by atoms with Gasteiger partial charge in [0.05, 0.1) is 12.1 Å². The van der Waals surface area contributed by atoms with Gasteiger partial charge in [0, 0.05) is 11.1 Å². The molecule has 0 aliphatic heterocycles. The first-order valence-electron chi connectivity index (χ1n) is 6.90. The Bertz CT molecular complexity index is 875. The molecule has 0 aliphatic carbocycles. The zero-order valence-electron chi connectivity index (χ0n) is 12.0. The van der Waals surface area contributed by atoms with Gasteiger partial charge in [0.25, 0.3) is 5.91 Å². The summed E-state index contributed by atoms with van der Waals surface area (Å²) < 4.78 is 13.0. The SMILES string of the molecule is O=C(CNC(=O)c1n[nH]c2ccccc12)Nc1cccc(F)c1. The van der Waals surface area contributed by atoms with Gasteiger partial charge in [-0.2, -0.15) is 5.10 Å². The van der Waals surface area contributed by atoms with Crippen LogP contribution in [0, 0.1) is 5.82 Å². The van der Waals surface area contributed by atoms with Crippen LogP contribution in [0.4, 0.5) is 10.1 Å². The van der Waals surface area contributed by atoms with E-state index >= 15 is 0 Å². The molecule has 6 nitrogen and oxygen atoms in total. The van der Waals surface area contributed by atoms with E-state index in [0.29, 0.717) is 11.1 Å². The van der Waals surface area contributed by atoms with Gasteiger partial charge in [-0.05, 0) is 24.3 Å². The van der Waals surface area contributed by atoms with E-state index in [1.807, 2.05) is 6.07 Å². The van der Waals surface area contributed by atoms with Gasteiger partial charge in [0.2, 0.25) is 5.91 Å². The molecule has 7 heteroatoms. The molecular formula is C16H13FN4O2. The Labute approximate surface area is 130 Å². The molecule has 0 fully saturated rings. The topological polar surface area (TPSA) is 86.9 Å². The molecule has 1 heterocycles. The van der Waals surface area contributed by atoms with Crippen LogP contribution in [0.3, 0.4) is 0 Å². The van der Waals surface area contributed by atoms with Crippen molar-refractivity contribution >= 4 is 28.4 Å². The summed E-state index contributed by atoms with van der Waals surface area (Å²) in [4.78, 5) is 23.9. The van der Waals surface area contributed by atoms with Crippen LogP contribution in [0.15, 0.2) is 48.5 Å². The van der Waals surface area contributed by atoms with Crippen LogP contribution in [0.2, 0.25) is 0 Å². The molecule has 0 saturated carbocycles. The Morgan fingerprint density at radius 1 is 1.13 bits per heavy atom. The molecule has 0 spiro atoms. The lowest BCUT2D eigenvalue weighted by molar-refractivity contribution is -0.115. The molecule has 3 aromatic rings. The van der Waals surface area contributed by atoms with Crippen molar-refractivity contribution in [2.24, 2.45) is 0 Å². The van der Waals surface area contributed by atoms with Gasteiger partial charge in [-0.15, -0.1) is 0 Å². The highest BCUT2D eigenvalue weighted by Gasteiger charge is 2.14. The number of H-pyrrole nitrogens is 1. The number of aromatic nitrogens is 2. The van der Waals surface area contributed by atoms with E-state index in [4.69, 9.17) is 0 Å². The van der Waals surface area contributed by atoms with Crippen LogP contribution >= 0.6 is 0 Å². The van der Waals surface area contributed by atoms with Crippen LogP contribution < -0.4 is 10.6 Å². The second kappa shape index (κ2) is 6.27. The molecule has 3 N–H and O–H groups in total. The van der Waals surface area contributed by atoms with Gasteiger partial charge in [-0.3, -0.25) is 14.7 Å². The van der Waals surface area contributed by atoms with Crippen molar-refractivity contribution in [2.45, 2.75) is 0 Å². The Balaban J connectivity index is 1.61. The van der Waals surface area contributed by atoms with Crippen LogP contribution in [-0.4, -0.2) is 28.6 Å². The predicted molar refractivity (Wildman–Crippen MR) is 83.5 cm³/mol. The molecule has 23 heavy (non-hydrogen) atoms. The van der Waals surface area contributed by atoms with Crippen LogP contribution in [-0.2, 0) is 4.79 Å². The van der Waals surface area contributed by atoms with Crippen LogP contribution in [0.5, 0.6) is 0 Å². The highest BCUT2D eigenvalue weighted by atomic mass is 19.1. The second-order valence-electron chi connectivity index (χ2n) is 4.86. The van der Waals surface area contributed by atoms with Crippen molar-refractivity contribution in [3.8, 4) is 0 Å². The minimum absolute atomic E-state index is 0.221. The third kappa shape index (κ3) is 3.34. The number of rotatable bonds is 4. The smallest absolute Gasteiger partial charge is 0.272 e. The third-order valence-electron chi connectivity index (χ3n) is 3.20. The fraction of sp³-hybridized carbons (Fsp3) is 0.0625. The van der Waals surface area contributed by atoms with E-state index in [-0.39, 0.29) is 12.2 Å². The molecule has 0 radical (unpaired) electrons. The number of aromatic amines is 1. The number of nitrogens with zero attached hydrogens (tertiary/aromatic N) is 1. The zero-order chi connectivity index (χ0) is 16.2. The number of carbonyl (C=O) groups is 2. The number of anilines is 1. The minimum atomic E-state index is -0.461. The Morgan fingerprint density at radius 3 is 2.78 bits per heavy atom. The number of fused-ring (bicyclic) bond motifs is 1. The van der Waals surface area contributed by atoms with Crippen LogP contribution in [0.1, 0.15) is 10.5 Å². The fourth-order valence-corrected chi connectivity index (χ4v) is 2.15. The van der Waals surface area contributed by atoms with Crippen molar-refractivity contribution in [3.63, 3.8) is 0 Å². The van der Waals surface area contributed by atoms with Gasteiger partial charge in [-0.25, -0.2) is 4.39 Å². The van der Waals surface area contributed by atoms with Crippen molar-refractivity contribution in [2.75, 3.05) is 11.9 Å². The van der Waals surface area contributed by atoms with Crippen molar-refractivity contribution in [1.82, 2.24) is 15.5 Å². The Hall–Kier alpha value is -3.22. The number of amides is 2. The van der Waals surface area contributed by atoms with Gasteiger partial charge >= 0.3 is 0 Å². The summed E-state index contributed by atoms with van der Waals surface area (Å²) in [5, 5.41) is 12.4. The third-order valence-corrected chi connectivity index (χ3v) is 3.20. The lowest BCUT2D eigenvalue weighted by Gasteiger charge is -2.06. The summed E-state index contributed by atoms with van der Waals surface area (Å²) in [7, 11) is 0. The highest BCUT2D eigenvalue weighted by molar-refractivity contribution is 6.06. The maximum Gasteiger partial charge on any atom is 0.272 e. The summed E-state index contributed by atoms with van der Waals surface area (Å²) in [5.41, 5.74) is 1.29. The zero-order valence-corrected chi connectivity index (χ0v) is 12.0. The molecule has 2 aromatic carbocycles. The average Bonchev–Trinajstić information content (AvgIpc) is 2.97. The standard InChI is InChI=1S/C16H13FN4O2/c17-10-4-3-5-11(8-10)19-14(22)9-18-16(23)15-12-6-1-2-7-13(12)20-21-15/h1-8H,9H2,(H,18,23)(H,19,22)(H,20,21). The number of carbonyl (C=O) groups excluding carboxylic acids is 2. The normalized spacial score (nSPS) is 10.5. The molecule has 0 bridgehead atoms. The highest BCUT2D eigenvalue weighted by Crippen LogP contribution is 2.14. The first-order valence-corrected chi connectivity index (χ1v) is 6.90. The summed E-state index contributed by atoms with van der Waals surface area (Å²) >= 11 is 0. The van der Waals surface area contributed by atoms with Crippen molar-refractivity contribution in [1.29, 1.82) is 0 Å². The molecule has 0 aliphatic rings. The quantitative estimate of drug-likeness (QED) is 0.689. The summed E-state index contributed by atoms with van der Waals surface area (Å²) in [6.07, 6.45) is 0. The van der Waals surface area contributed by atoms with Gasteiger partial charge in [-0.1, -0.05) is 24.3 Å². The molecule has 0 saturated heterocycles. The number of benzene rings is 2. The second-order valence-corrected chi connectivity index (χ2v) is 4.86. The lowest BCUT2D eigenvalue weighted by Crippen LogP contribution is -2.33. The fourth-order valence-electron chi connectivity index (χ4n) is 2.15. The number of para-hydroxylation sites is 1. The summed E-state index contributed by atoms with van der Waals surface area (Å²) in [6, 6.07) is 12.7. The summed E-state index contributed by atoms with van der Waals surface area (Å²) in [6.45, 7) is -0.240. The number of halogens is 1. The maximum absolute atomic E-state index is 13.0. The van der Waals surface area contributed by atoms with E-state index < -0.39 is 17.6 Å². The molecule has 1 aromatic heterocycles. The van der Waals surface area contributed by atoms with E-state index in [1.54, 1.807) is 24.3 Å². The van der Waals surface area contributed by atoms with Crippen molar-refractivity contribution in [3.05, 3.63) is 60.0 Å². The minimum Gasteiger partial charge on any atom is -0.342 e. The average molecular weight is 312 g/mol. The number of hydrogen-bond acceptors (Lipinski definition) is 3. The molecular weight excluding hydrogens is 299 g/mol. The van der Waals surface area contributed by atoms with Gasteiger partial charge in [0.15, 0.2) is 5.69 Å². The largest absolute Gasteiger partial charge is 0.342 e. The molecule has 0 unspecified atom stereocenters. The molecule has 116 valence electrons. The Morgan fingerprint density at radius 2 is 1.96 bits per heavy atom. The molecule has 2 amide bonds. The number of hydrogen-bond donors (Lipinski definition) is 3. The first-order chi connectivity index (χ1) is 11.1. The predicted octanol–water partition coefficient (Wildman–Crippen LogP) is 2.07. The van der Waals surface area contributed by atoms with Gasteiger partial charge < -0.3 is 10.6 Å².